The lowest BCUT2D eigenvalue weighted by Gasteiger charge is -2.06. The van der Waals surface area contributed by atoms with Gasteiger partial charge in [-0.05, 0) is 35.4 Å². The van der Waals surface area contributed by atoms with Crippen molar-refractivity contribution in [3.8, 4) is 0 Å². The van der Waals surface area contributed by atoms with E-state index >= 15 is 0 Å². The number of nitrogens with two attached hydrogens (primary N) is 3. The molecule has 0 spiro atoms. The zero-order chi connectivity index (χ0) is 28.6. The molecule has 0 bridgehead atoms. The first kappa shape index (κ1) is 28.9. The van der Waals surface area contributed by atoms with Crippen molar-refractivity contribution in [3.05, 3.63) is 105 Å². The van der Waals surface area contributed by atoms with Crippen molar-refractivity contribution in [2.45, 2.75) is 18.1 Å². The summed E-state index contributed by atoms with van der Waals surface area (Å²) in [6.45, 7) is 1.21. The fourth-order valence-electron chi connectivity index (χ4n) is 3.87. The molecule has 0 saturated heterocycles. The lowest BCUT2D eigenvalue weighted by Crippen LogP contribution is -2.10. The van der Waals surface area contributed by atoms with E-state index in [1.54, 1.807) is 0 Å². The van der Waals surface area contributed by atoms with E-state index in [0.717, 1.165) is 22.2 Å². The second-order valence-corrected chi connectivity index (χ2v) is 9.46. The predicted octanol–water partition coefficient (Wildman–Crippen LogP) is 4.80. The van der Waals surface area contributed by atoms with Gasteiger partial charge < -0.3 is 31.4 Å². The normalized spacial score (nSPS) is 20.8. The zero-order valence-electron chi connectivity index (χ0n) is 21.0. The van der Waals surface area contributed by atoms with Gasteiger partial charge in [-0.15, -0.1) is 0 Å². The summed E-state index contributed by atoms with van der Waals surface area (Å²) in [6, 6.07) is 18.5. The van der Waals surface area contributed by atoms with Crippen molar-refractivity contribution in [3.63, 3.8) is 0 Å². The molecule has 210 valence electrons. The molecule has 3 aliphatic heterocycles. The number of benzene rings is 3. The van der Waals surface area contributed by atoms with Crippen molar-refractivity contribution >= 4 is 41.3 Å². The van der Waals surface area contributed by atoms with Gasteiger partial charge in [-0.2, -0.15) is 0 Å². The van der Waals surface area contributed by atoms with Crippen LogP contribution in [-0.4, -0.2) is 37.9 Å². The van der Waals surface area contributed by atoms with Gasteiger partial charge in [0.15, 0.2) is 0 Å². The van der Waals surface area contributed by atoms with Gasteiger partial charge in [-0.1, -0.05) is 59.6 Å². The summed E-state index contributed by atoms with van der Waals surface area (Å²) in [6.07, 6.45) is 0. The highest BCUT2D eigenvalue weighted by Gasteiger charge is 2.22. The molecule has 0 radical (unpaired) electrons. The molecular weight excluding hydrogens is 565 g/mol. The number of aliphatic imine (C=N–C) groups is 3. The Kier molecular flexibility index (Phi) is 9.62. The molecule has 3 aliphatic rings. The van der Waals surface area contributed by atoms with E-state index < -0.39 is 17.7 Å². The summed E-state index contributed by atoms with van der Waals surface area (Å²) in [5, 5.41) is 1.43. The van der Waals surface area contributed by atoms with Crippen LogP contribution in [0.1, 0.15) is 34.8 Å². The van der Waals surface area contributed by atoms with E-state index in [1.165, 1.54) is 12.1 Å². The number of amidine groups is 3. The number of hydrogen-bond donors (Lipinski definition) is 3. The molecule has 3 heterocycles. The molecule has 3 aromatic rings. The summed E-state index contributed by atoms with van der Waals surface area (Å²) < 4.78 is 40.8. The molecule has 6 N–H and O–H groups in total. The standard InChI is InChI=1S/2C9H9ClN2O.C9H8F2N2O/c10-7-3-1-6(2-4-7)8-5-13-9(11)12-8;10-7-4-2-1-3-6(7)8-5-13-9(11)12-8;10-5-1-2-6(7(11)3-5)8-4-14-9(12)13-8/h2*1-4,8H,5H2,(H2,11,12);1-3,8H,4H2,(H2,12,13)/t;8-;/m.1./s1. The van der Waals surface area contributed by atoms with Crippen molar-refractivity contribution in [2.24, 2.45) is 32.2 Å². The fraction of sp³-hybridized carbons (Fsp3) is 0.222. The summed E-state index contributed by atoms with van der Waals surface area (Å²) in [5.74, 6) is -1.24. The highest BCUT2D eigenvalue weighted by molar-refractivity contribution is 6.31. The largest absolute Gasteiger partial charge is 0.463 e. The van der Waals surface area contributed by atoms with Crippen LogP contribution in [0, 0.1) is 11.6 Å². The van der Waals surface area contributed by atoms with Crippen LogP contribution in [0.15, 0.2) is 81.7 Å². The maximum Gasteiger partial charge on any atom is 0.282 e. The lowest BCUT2D eigenvalue weighted by atomic mass is 10.1. The van der Waals surface area contributed by atoms with E-state index in [-0.39, 0.29) is 36.8 Å². The third-order valence-electron chi connectivity index (χ3n) is 5.86. The summed E-state index contributed by atoms with van der Waals surface area (Å²) in [5.41, 5.74) is 18.4. The molecule has 9 nitrogen and oxygen atoms in total. The fourth-order valence-corrected chi connectivity index (χ4v) is 4.26. The van der Waals surface area contributed by atoms with Crippen molar-refractivity contribution in [2.75, 3.05) is 19.8 Å². The summed E-state index contributed by atoms with van der Waals surface area (Å²) in [7, 11) is 0. The predicted molar refractivity (Wildman–Crippen MR) is 150 cm³/mol. The molecule has 40 heavy (non-hydrogen) atoms. The van der Waals surface area contributed by atoms with Crippen LogP contribution < -0.4 is 17.2 Å². The highest BCUT2D eigenvalue weighted by Crippen LogP contribution is 2.28. The quantitative estimate of drug-likeness (QED) is 0.399. The van der Waals surface area contributed by atoms with Gasteiger partial charge in [0.1, 0.15) is 49.6 Å². The number of ether oxygens (including phenoxy) is 3. The average molecular weight is 591 g/mol. The molecule has 6 rings (SSSR count). The molecule has 0 aromatic heterocycles. The molecule has 0 fully saturated rings. The minimum atomic E-state index is -0.628. The second-order valence-electron chi connectivity index (χ2n) is 8.62. The molecule has 0 aliphatic carbocycles. The third-order valence-corrected chi connectivity index (χ3v) is 6.45. The van der Waals surface area contributed by atoms with E-state index in [9.17, 15) is 8.78 Å². The molecule has 2 unspecified atom stereocenters. The van der Waals surface area contributed by atoms with Crippen LogP contribution in [0.5, 0.6) is 0 Å². The van der Waals surface area contributed by atoms with E-state index in [1.807, 2.05) is 48.5 Å². The van der Waals surface area contributed by atoms with E-state index in [0.29, 0.717) is 23.8 Å². The van der Waals surface area contributed by atoms with Crippen LogP contribution in [0.4, 0.5) is 8.78 Å². The van der Waals surface area contributed by atoms with E-state index in [2.05, 4.69) is 15.0 Å². The van der Waals surface area contributed by atoms with Gasteiger partial charge in [0.05, 0.1) is 0 Å². The molecule has 13 heteroatoms. The molecule has 3 atom stereocenters. The SMILES string of the molecule is NC1=NC(c2ccc(Cl)cc2)CO1.NC1=NC(c2ccc(F)cc2F)CO1.NC1=N[C@@H](c2ccccc2Cl)CO1. The van der Waals surface area contributed by atoms with Gasteiger partial charge in [0, 0.05) is 21.7 Å². The highest BCUT2D eigenvalue weighted by atomic mass is 35.5. The Labute approximate surface area is 239 Å². The minimum absolute atomic E-state index is 0.0252. The Hall–Kier alpha value is -4.09. The topological polar surface area (TPSA) is 143 Å². The summed E-state index contributed by atoms with van der Waals surface area (Å²) in [4.78, 5) is 12.1. The van der Waals surface area contributed by atoms with Gasteiger partial charge in [-0.25, -0.2) is 23.8 Å². The van der Waals surface area contributed by atoms with Crippen LogP contribution in [-0.2, 0) is 14.2 Å². The molecule has 0 saturated carbocycles. The monoisotopic (exact) mass is 590 g/mol. The van der Waals surface area contributed by atoms with Gasteiger partial charge in [0.25, 0.3) is 18.1 Å². The van der Waals surface area contributed by atoms with Gasteiger partial charge in [0.2, 0.25) is 0 Å². The van der Waals surface area contributed by atoms with Gasteiger partial charge in [-0.3, -0.25) is 0 Å². The Balaban J connectivity index is 0.000000139. The van der Waals surface area contributed by atoms with Crippen LogP contribution >= 0.6 is 23.2 Å². The number of hydrogen-bond acceptors (Lipinski definition) is 9. The average Bonchev–Trinajstić information content (AvgIpc) is 3.67. The van der Waals surface area contributed by atoms with E-state index in [4.69, 9.17) is 54.6 Å². The first-order chi connectivity index (χ1) is 19.2. The Morgan fingerprint density at radius 1 is 0.650 bits per heavy atom. The Bertz CT molecular complexity index is 1420. The van der Waals surface area contributed by atoms with Crippen LogP contribution in [0.25, 0.3) is 0 Å². The smallest absolute Gasteiger partial charge is 0.282 e. The maximum absolute atomic E-state index is 13.2. The van der Waals surface area contributed by atoms with Crippen LogP contribution in [0.2, 0.25) is 10.0 Å². The molecule has 3 aromatic carbocycles. The lowest BCUT2D eigenvalue weighted by molar-refractivity contribution is 0.312. The zero-order valence-corrected chi connectivity index (χ0v) is 22.5. The first-order valence-corrected chi connectivity index (χ1v) is 12.8. The number of rotatable bonds is 3. The van der Waals surface area contributed by atoms with Gasteiger partial charge >= 0.3 is 0 Å². The van der Waals surface area contributed by atoms with Crippen LogP contribution in [0.3, 0.4) is 0 Å². The molecule has 0 amide bonds. The van der Waals surface area contributed by atoms with Crippen molar-refractivity contribution in [1.82, 2.24) is 0 Å². The summed E-state index contributed by atoms with van der Waals surface area (Å²) >= 11 is 11.7. The second kappa shape index (κ2) is 13.3. The minimum Gasteiger partial charge on any atom is -0.463 e. The number of halogens is 4. The molecular formula is C27H26Cl2F2N6O3. The first-order valence-electron chi connectivity index (χ1n) is 12.0. The Morgan fingerprint density at radius 3 is 1.68 bits per heavy atom. The maximum atomic E-state index is 13.2. The number of nitrogens with zero attached hydrogens (tertiary/aromatic N) is 3. The van der Waals surface area contributed by atoms with Crippen molar-refractivity contribution in [1.29, 1.82) is 0 Å². The van der Waals surface area contributed by atoms with Crippen molar-refractivity contribution < 1.29 is 23.0 Å². The third kappa shape index (κ3) is 7.73. The Morgan fingerprint density at radius 2 is 1.18 bits per heavy atom.